The molecular formula is C20H32. The Morgan fingerprint density at radius 1 is 1.00 bits per heavy atom. The summed E-state index contributed by atoms with van der Waals surface area (Å²) in [7, 11) is 0. The number of hydrogen-bond acceptors (Lipinski definition) is 0. The Kier molecular flexibility index (Phi) is 7.65. The maximum absolute atomic E-state index is 2.39. The van der Waals surface area contributed by atoms with Crippen molar-refractivity contribution in [2.45, 2.75) is 72.6 Å². The molecule has 0 saturated carbocycles. The fourth-order valence-electron chi connectivity index (χ4n) is 2.52. The second kappa shape index (κ2) is 9.00. The van der Waals surface area contributed by atoms with Crippen LogP contribution in [0.1, 0.15) is 77.3 Å². The van der Waals surface area contributed by atoms with Gasteiger partial charge in [-0.3, -0.25) is 0 Å². The van der Waals surface area contributed by atoms with Crippen molar-refractivity contribution in [2.24, 2.45) is 5.92 Å². The predicted octanol–water partition coefficient (Wildman–Crippen LogP) is 6.52. The lowest BCUT2D eigenvalue weighted by molar-refractivity contribution is 0.478. The Bertz CT molecular complexity index is 391. The van der Waals surface area contributed by atoms with Crippen LogP contribution in [0.25, 0.3) is 0 Å². The second-order valence-corrected chi connectivity index (χ2v) is 6.75. The van der Waals surface area contributed by atoms with Crippen molar-refractivity contribution in [1.29, 1.82) is 0 Å². The second-order valence-electron chi connectivity index (χ2n) is 6.75. The van der Waals surface area contributed by atoms with Gasteiger partial charge in [-0.05, 0) is 62.5 Å². The molecule has 0 spiro atoms. The van der Waals surface area contributed by atoms with Gasteiger partial charge in [-0.1, -0.05) is 63.1 Å². The zero-order chi connectivity index (χ0) is 15.0. The van der Waals surface area contributed by atoms with E-state index >= 15 is 0 Å². The predicted molar refractivity (Wildman–Crippen MR) is 91.3 cm³/mol. The van der Waals surface area contributed by atoms with E-state index < -0.39 is 0 Å². The zero-order valence-corrected chi connectivity index (χ0v) is 14.1. The smallest absolute Gasteiger partial charge is 0.0219 e. The molecule has 1 aromatic carbocycles. The van der Waals surface area contributed by atoms with Crippen LogP contribution in [0.3, 0.4) is 0 Å². The normalized spacial score (nSPS) is 12.5. The molecule has 0 fully saturated rings. The van der Waals surface area contributed by atoms with Crippen molar-refractivity contribution in [3.05, 3.63) is 47.0 Å². The summed E-state index contributed by atoms with van der Waals surface area (Å²) in [6, 6.07) is 9.20. The molecule has 1 atom stereocenters. The van der Waals surface area contributed by atoms with Crippen LogP contribution in [-0.4, -0.2) is 0 Å². The van der Waals surface area contributed by atoms with E-state index in [2.05, 4.69) is 65.0 Å². The summed E-state index contributed by atoms with van der Waals surface area (Å²) in [4.78, 5) is 0. The fourth-order valence-corrected chi connectivity index (χ4v) is 2.52. The van der Waals surface area contributed by atoms with E-state index in [1.165, 1.54) is 48.8 Å². The van der Waals surface area contributed by atoms with Gasteiger partial charge < -0.3 is 0 Å². The topological polar surface area (TPSA) is 0 Å². The lowest BCUT2D eigenvalue weighted by Gasteiger charge is -2.11. The Morgan fingerprint density at radius 3 is 2.20 bits per heavy atom. The van der Waals surface area contributed by atoms with Crippen molar-refractivity contribution in [3.63, 3.8) is 0 Å². The van der Waals surface area contributed by atoms with Crippen molar-refractivity contribution < 1.29 is 0 Å². The molecule has 0 bridgehead atoms. The Hall–Kier alpha value is -1.04. The summed E-state index contributed by atoms with van der Waals surface area (Å²) < 4.78 is 0. The summed E-state index contributed by atoms with van der Waals surface area (Å²) in [6.07, 6.45) is 8.83. The fraction of sp³-hybridized carbons (Fsp3) is 0.600. The molecule has 0 radical (unpaired) electrons. The third-order valence-electron chi connectivity index (χ3n) is 4.02. The van der Waals surface area contributed by atoms with Gasteiger partial charge in [0.2, 0.25) is 0 Å². The van der Waals surface area contributed by atoms with Crippen LogP contribution in [0.15, 0.2) is 35.9 Å². The quantitative estimate of drug-likeness (QED) is 0.473. The van der Waals surface area contributed by atoms with E-state index in [9.17, 15) is 0 Å². The van der Waals surface area contributed by atoms with Crippen LogP contribution >= 0.6 is 0 Å². The highest BCUT2D eigenvalue weighted by Gasteiger charge is 2.03. The maximum Gasteiger partial charge on any atom is -0.0219 e. The number of allylic oxidation sites excluding steroid dienone is 2. The number of rotatable bonds is 8. The Morgan fingerprint density at radius 2 is 1.65 bits per heavy atom. The first kappa shape index (κ1) is 17.0. The minimum Gasteiger partial charge on any atom is -0.0859 e. The van der Waals surface area contributed by atoms with Crippen LogP contribution in [0.4, 0.5) is 0 Å². The van der Waals surface area contributed by atoms with E-state index in [1.54, 1.807) is 0 Å². The van der Waals surface area contributed by atoms with Gasteiger partial charge in [0.25, 0.3) is 0 Å². The molecule has 0 aliphatic rings. The van der Waals surface area contributed by atoms with Crippen molar-refractivity contribution in [3.8, 4) is 0 Å². The molecule has 0 heterocycles. The lowest BCUT2D eigenvalue weighted by Crippen LogP contribution is -1.96. The summed E-state index contributed by atoms with van der Waals surface area (Å²) in [6.45, 7) is 11.3. The van der Waals surface area contributed by atoms with Gasteiger partial charge in [-0.15, -0.1) is 0 Å². The van der Waals surface area contributed by atoms with Crippen LogP contribution < -0.4 is 0 Å². The maximum atomic E-state index is 2.39. The zero-order valence-electron chi connectivity index (χ0n) is 14.1. The van der Waals surface area contributed by atoms with Gasteiger partial charge in [0.15, 0.2) is 0 Å². The first-order valence-corrected chi connectivity index (χ1v) is 8.21. The number of hydrogen-bond donors (Lipinski definition) is 0. The first-order chi connectivity index (χ1) is 9.49. The van der Waals surface area contributed by atoms with Gasteiger partial charge >= 0.3 is 0 Å². The number of benzene rings is 1. The van der Waals surface area contributed by atoms with Crippen LogP contribution in [0, 0.1) is 5.92 Å². The van der Waals surface area contributed by atoms with E-state index in [1.807, 2.05) is 0 Å². The molecule has 0 heteroatoms. The monoisotopic (exact) mass is 272 g/mol. The van der Waals surface area contributed by atoms with Gasteiger partial charge in [0.1, 0.15) is 0 Å². The molecule has 1 unspecified atom stereocenters. The molecule has 0 nitrogen and oxygen atoms in total. The highest BCUT2D eigenvalue weighted by molar-refractivity contribution is 5.24. The highest BCUT2D eigenvalue weighted by Crippen LogP contribution is 2.18. The van der Waals surface area contributed by atoms with E-state index in [0.29, 0.717) is 5.92 Å². The Labute approximate surface area is 126 Å². The molecule has 1 rings (SSSR count). The van der Waals surface area contributed by atoms with Crippen molar-refractivity contribution in [1.82, 2.24) is 0 Å². The van der Waals surface area contributed by atoms with Crippen LogP contribution in [0.5, 0.6) is 0 Å². The molecule has 0 saturated heterocycles. The average molecular weight is 272 g/mol. The van der Waals surface area contributed by atoms with Gasteiger partial charge in [0.05, 0.1) is 0 Å². The third-order valence-corrected chi connectivity index (χ3v) is 4.02. The van der Waals surface area contributed by atoms with E-state index in [4.69, 9.17) is 0 Å². The summed E-state index contributed by atoms with van der Waals surface area (Å²) in [5.74, 6) is 1.49. The average Bonchev–Trinajstić information content (AvgIpc) is 2.39. The minimum atomic E-state index is 0.638. The van der Waals surface area contributed by atoms with Gasteiger partial charge in [-0.25, -0.2) is 0 Å². The molecule has 20 heavy (non-hydrogen) atoms. The lowest BCUT2D eigenvalue weighted by atomic mass is 9.95. The molecule has 1 aromatic rings. The van der Waals surface area contributed by atoms with Crippen LogP contribution in [-0.2, 0) is 6.42 Å². The largest absolute Gasteiger partial charge is 0.0859 e. The molecule has 0 amide bonds. The molecule has 0 N–H and O–H groups in total. The Balaban J connectivity index is 2.24. The van der Waals surface area contributed by atoms with Crippen molar-refractivity contribution >= 4 is 0 Å². The standard InChI is InChI=1S/C20H32/c1-16(2)8-6-9-18(5)10-7-11-19-12-14-20(15-13-19)17(3)4/h8,12-15,17-18H,6-7,9-11H2,1-5H3. The molecule has 0 aromatic heterocycles. The summed E-state index contributed by atoms with van der Waals surface area (Å²) in [5.41, 5.74) is 4.39. The van der Waals surface area contributed by atoms with Crippen molar-refractivity contribution in [2.75, 3.05) is 0 Å². The number of aryl methyl sites for hydroxylation is 1. The SMILES string of the molecule is CC(C)=CCCC(C)CCCc1ccc(C(C)C)cc1. The van der Waals surface area contributed by atoms with E-state index in [-0.39, 0.29) is 0 Å². The minimum absolute atomic E-state index is 0.638. The summed E-state index contributed by atoms with van der Waals surface area (Å²) >= 11 is 0. The highest BCUT2D eigenvalue weighted by atomic mass is 14.1. The molecule has 0 aliphatic heterocycles. The summed E-state index contributed by atoms with van der Waals surface area (Å²) in [5, 5.41) is 0. The molecular weight excluding hydrogens is 240 g/mol. The van der Waals surface area contributed by atoms with E-state index in [0.717, 1.165) is 5.92 Å². The first-order valence-electron chi connectivity index (χ1n) is 8.21. The molecule has 112 valence electrons. The van der Waals surface area contributed by atoms with Crippen LogP contribution in [0.2, 0.25) is 0 Å². The third kappa shape index (κ3) is 6.93. The van der Waals surface area contributed by atoms with Gasteiger partial charge in [0, 0.05) is 0 Å². The van der Waals surface area contributed by atoms with Gasteiger partial charge in [-0.2, -0.15) is 0 Å². The molecule has 0 aliphatic carbocycles.